The Morgan fingerprint density at radius 2 is 1.76 bits per heavy atom. The van der Waals surface area contributed by atoms with Crippen molar-refractivity contribution in [2.75, 3.05) is 6.54 Å². The molecular formula is C16H20F3NO. The third-order valence-corrected chi connectivity index (χ3v) is 4.41. The lowest BCUT2D eigenvalue weighted by atomic mass is 10.0. The molecule has 2 aliphatic carbocycles. The summed E-state index contributed by atoms with van der Waals surface area (Å²) in [6.45, 7) is 0.318. The maximum atomic E-state index is 12.7. The average Bonchev–Trinajstić information content (AvgIpc) is 3.31. The zero-order chi connectivity index (χ0) is 15.0. The molecule has 1 aromatic rings. The number of aliphatic hydroxyl groups is 1. The van der Waals surface area contributed by atoms with E-state index in [0.29, 0.717) is 30.0 Å². The van der Waals surface area contributed by atoms with Crippen LogP contribution in [0.4, 0.5) is 13.2 Å². The first kappa shape index (κ1) is 14.9. The van der Waals surface area contributed by atoms with Crippen LogP contribution in [0.1, 0.15) is 42.9 Å². The van der Waals surface area contributed by atoms with Gasteiger partial charge < -0.3 is 10.4 Å². The van der Waals surface area contributed by atoms with Gasteiger partial charge in [0.2, 0.25) is 0 Å². The van der Waals surface area contributed by atoms with Crippen molar-refractivity contribution >= 4 is 0 Å². The van der Waals surface area contributed by atoms with Crippen LogP contribution in [0.3, 0.4) is 0 Å². The molecule has 2 N–H and O–H groups in total. The molecule has 0 saturated heterocycles. The fourth-order valence-electron chi connectivity index (χ4n) is 2.92. The van der Waals surface area contributed by atoms with Crippen molar-refractivity contribution < 1.29 is 18.3 Å². The minimum atomic E-state index is -4.37. The number of alkyl halides is 3. The summed E-state index contributed by atoms with van der Waals surface area (Å²) in [5.74, 6) is 1.40. The summed E-state index contributed by atoms with van der Waals surface area (Å²) < 4.78 is 38.0. The van der Waals surface area contributed by atoms with Gasteiger partial charge in [0, 0.05) is 12.6 Å². The molecule has 2 aliphatic rings. The molecule has 2 nitrogen and oxygen atoms in total. The van der Waals surface area contributed by atoms with Gasteiger partial charge in [0.15, 0.2) is 0 Å². The second kappa shape index (κ2) is 5.61. The Kier molecular flexibility index (Phi) is 3.97. The zero-order valence-corrected chi connectivity index (χ0v) is 11.7. The second-order valence-electron chi connectivity index (χ2n) is 6.25. The first-order valence-electron chi connectivity index (χ1n) is 7.54. The smallest absolute Gasteiger partial charge is 0.387 e. The van der Waals surface area contributed by atoms with Gasteiger partial charge in [0.25, 0.3) is 0 Å². The molecule has 0 aliphatic heterocycles. The Morgan fingerprint density at radius 1 is 1.14 bits per heavy atom. The molecule has 2 saturated carbocycles. The van der Waals surface area contributed by atoms with Crippen LogP contribution in [0, 0.1) is 11.8 Å². The number of hydrogen-bond donors (Lipinski definition) is 2. The van der Waals surface area contributed by atoms with E-state index in [4.69, 9.17) is 0 Å². The summed E-state index contributed by atoms with van der Waals surface area (Å²) in [5.41, 5.74) is -0.386. The predicted molar refractivity (Wildman–Crippen MR) is 73.6 cm³/mol. The van der Waals surface area contributed by atoms with E-state index in [-0.39, 0.29) is 0 Å². The number of rotatable bonds is 6. The van der Waals surface area contributed by atoms with Crippen molar-refractivity contribution in [1.82, 2.24) is 5.32 Å². The number of benzene rings is 1. The van der Waals surface area contributed by atoms with Crippen LogP contribution in [0.2, 0.25) is 0 Å². The van der Waals surface area contributed by atoms with Crippen LogP contribution >= 0.6 is 0 Å². The van der Waals surface area contributed by atoms with E-state index in [1.54, 1.807) is 6.07 Å². The molecule has 0 spiro atoms. The number of nitrogens with one attached hydrogen (secondary N) is 1. The third-order valence-electron chi connectivity index (χ3n) is 4.41. The van der Waals surface area contributed by atoms with Crippen molar-refractivity contribution in [3.8, 4) is 0 Å². The van der Waals surface area contributed by atoms with Gasteiger partial charge in [-0.15, -0.1) is 0 Å². The minimum absolute atomic E-state index is 0.318. The fourth-order valence-corrected chi connectivity index (χ4v) is 2.92. The van der Waals surface area contributed by atoms with E-state index in [9.17, 15) is 18.3 Å². The molecule has 21 heavy (non-hydrogen) atoms. The highest BCUT2D eigenvalue weighted by Gasteiger charge is 2.41. The van der Waals surface area contributed by atoms with E-state index < -0.39 is 17.8 Å². The highest BCUT2D eigenvalue weighted by atomic mass is 19.4. The van der Waals surface area contributed by atoms with Gasteiger partial charge in [-0.3, -0.25) is 0 Å². The van der Waals surface area contributed by atoms with Gasteiger partial charge in [0.05, 0.1) is 11.7 Å². The Labute approximate surface area is 122 Å². The lowest BCUT2D eigenvalue weighted by molar-refractivity contribution is -0.137. The van der Waals surface area contributed by atoms with Crippen LogP contribution in [0.5, 0.6) is 0 Å². The summed E-state index contributed by atoms with van der Waals surface area (Å²) in [6.07, 6.45) is -0.343. The summed E-state index contributed by atoms with van der Waals surface area (Å²) in [7, 11) is 0. The molecule has 0 bridgehead atoms. The standard InChI is InChI=1S/C16H20F3NO/c17-16(18,19)13-3-1-2-12(8-13)14(21)9-20-15(10-4-5-10)11-6-7-11/h1-3,8,10-11,14-15,20-21H,4-7,9H2. The zero-order valence-electron chi connectivity index (χ0n) is 11.7. The van der Waals surface area contributed by atoms with Crippen LogP contribution in [0.25, 0.3) is 0 Å². The van der Waals surface area contributed by atoms with Crippen molar-refractivity contribution in [2.24, 2.45) is 11.8 Å². The Morgan fingerprint density at radius 3 is 2.29 bits per heavy atom. The van der Waals surface area contributed by atoms with Gasteiger partial charge in [-0.1, -0.05) is 12.1 Å². The molecule has 1 aromatic carbocycles. The Bertz CT molecular complexity index is 483. The monoisotopic (exact) mass is 299 g/mol. The van der Waals surface area contributed by atoms with Crippen molar-refractivity contribution in [1.29, 1.82) is 0 Å². The summed E-state index contributed by atoms with van der Waals surface area (Å²) >= 11 is 0. The minimum Gasteiger partial charge on any atom is -0.387 e. The van der Waals surface area contributed by atoms with E-state index in [2.05, 4.69) is 5.32 Å². The molecule has 0 heterocycles. The van der Waals surface area contributed by atoms with E-state index >= 15 is 0 Å². The van der Waals surface area contributed by atoms with E-state index in [1.165, 1.54) is 31.7 Å². The fraction of sp³-hybridized carbons (Fsp3) is 0.625. The maximum absolute atomic E-state index is 12.7. The molecule has 3 rings (SSSR count). The molecule has 1 atom stereocenters. The van der Waals surface area contributed by atoms with E-state index in [1.807, 2.05) is 0 Å². The van der Waals surface area contributed by atoms with Crippen molar-refractivity contribution in [2.45, 2.75) is 44.0 Å². The first-order valence-corrected chi connectivity index (χ1v) is 7.54. The van der Waals surface area contributed by atoms with Crippen LogP contribution < -0.4 is 5.32 Å². The van der Waals surface area contributed by atoms with Gasteiger partial charge >= 0.3 is 6.18 Å². The third kappa shape index (κ3) is 3.77. The predicted octanol–water partition coefficient (Wildman–Crippen LogP) is 3.52. The topological polar surface area (TPSA) is 32.3 Å². The van der Waals surface area contributed by atoms with Crippen LogP contribution in [-0.2, 0) is 6.18 Å². The van der Waals surface area contributed by atoms with Gasteiger partial charge in [-0.2, -0.15) is 13.2 Å². The molecule has 1 unspecified atom stereocenters. The van der Waals surface area contributed by atoms with Gasteiger partial charge in [0.1, 0.15) is 0 Å². The lowest BCUT2D eigenvalue weighted by Gasteiger charge is -2.21. The summed E-state index contributed by atoms with van der Waals surface area (Å²) in [4.78, 5) is 0. The number of aliphatic hydroxyl groups excluding tert-OH is 1. The molecule has 0 aromatic heterocycles. The van der Waals surface area contributed by atoms with Crippen LogP contribution in [-0.4, -0.2) is 17.7 Å². The highest BCUT2D eigenvalue weighted by Crippen LogP contribution is 2.44. The Balaban J connectivity index is 1.60. The van der Waals surface area contributed by atoms with Crippen molar-refractivity contribution in [3.05, 3.63) is 35.4 Å². The van der Waals surface area contributed by atoms with Gasteiger partial charge in [-0.25, -0.2) is 0 Å². The molecule has 0 radical (unpaired) electrons. The largest absolute Gasteiger partial charge is 0.416 e. The summed E-state index contributed by atoms with van der Waals surface area (Å²) in [6, 6.07) is 5.40. The second-order valence-corrected chi connectivity index (χ2v) is 6.25. The lowest BCUT2D eigenvalue weighted by Crippen LogP contribution is -2.36. The summed E-state index contributed by atoms with van der Waals surface area (Å²) in [5, 5.41) is 13.5. The number of halogens is 3. The SMILES string of the molecule is OC(CNC(C1CC1)C1CC1)c1cccc(C(F)(F)F)c1. The van der Waals surface area contributed by atoms with Gasteiger partial charge in [-0.05, 0) is 55.2 Å². The highest BCUT2D eigenvalue weighted by molar-refractivity contribution is 5.27. The molecule has 5 heteroatoms. The van der Waals surface area contributed by atoms with Crippen molar-refractivity contribution in [3.63, 3.8) is 0 Å². The first-order chi connectivity index (χ1) is 9.95. The quantitative estimate of drug-likeness (QED) is 0.842. The average molecular weight is 299 g/mol. The molecule has 0 amide bonds. The molecule has 2 fully saturated rings. The van der Waals surface area contributed by atoms with E-state index in [0.717, 1.165) is 12.1 Å². The Hall–Kier alpha value is -1.07. The number of hydrogen-bond acceptors (Lipinski definition) is 2. The maximum Gasteiger partial charge on any atom is 0.416 e. The normalized spacial score (nSPS) is 20.8. The molecule has 116 valence electrons. The van der Waals surface area contributed by atoms with Crippen LogP contribution in [0.15, 0.2) is 24.3 Å². The molecular weight excluding hydrogens is 279 g/mol.